The quantitative estimate of drug-likeness (QED) is 0.890. The molecule has 0 bridgehead atoms. The maximum Gasteiger partial charge on any atom is 0.177 e. The standard InChI is InChI=1S/C9H13BrN2O2/c1-6-8(5-13)12(9(10)11-6)4-7-2-3-14-7/h7,13H,2-5H2,1H3/t7-/m0/s1. The molecule has 0 spiro atoms. The summed E-state index contributed by atoms with van der Waals surface area (Å²) in [5.74, 6) is 0. The van der Waals surface area contributed by atoms with Crippen molar-refractivity contribution in [3.05, 3.63) is 16.1 Å². The molecule has 1 aromatic heterocycles. The van der Waals surface area contributed by atoms with Crippen LogP contribution < -0.4 is 0 Å². The van der Waals surface area contributed by atoms with Crippen LogP contribution in [0.1, 0.15) is 17.8 Å². The summed E-state index contributed by atoms with van der Waals surface area (Å²) < 4.78 is 8.09. The summed E-state index contributed by atoms with van der Waals surface area (Å²) in [6, 6.07) is 0. The number of aliphatic hydroxyl groups excluding tert-OH is 1. The summed E-state index contributed by atoms with van der Waals surface area (Å²) in [4.78, 5) is 4.26. The minimum atomic E-state index is 0.0250. The predicted molar refractivity (Wildman–Crippen MR) is 54.9 cm³/mol. The van der Waals surface area contributed by atoms with Gasteiger partial charge in [-0.3, -0.25) is 0 Å². The Morgan fingerprint density at radius 3 is 2.93 bits per heavy atom. The normalized spacial score (nSPS) is 20.9. The summed E-state index contributed by atoms with van der Waals surface area (Å²) in [6.45, 7) is 3.55. The Hall–Kier alpha value is -0.390. The third-order valence-electron chi connectivity index (χ3n) is 2.56. The second kappa shape index (κ2) is 4.00. The smallest absolute Gasteiger partial charge is 0.177 e. The monoisotopic (exact) mass is 260 g/mol. The molecular formula is C9H13BrN2O2. The highest BCUT2D eigenvalue weighted by molar-refractivity contribution is 9.10. The van der Waals surface area contributed by atoms with Gasteiger partial charge in [0.1, 0.15) is 0 Å². The molecule has 1 aliphatic rings. The van der Waals surface area contributed by atoms with E-state index in [-0.39, 0.29) is 12.7 Å². The topological polar surface area (TPSA) is 47.3 Å². The van der Waals surface area contributed by atoms with E-state index in [0.717, 1.165) is 35.7 Å². The number of rotatable bonds is 3. The van der Waals surface area contributed by atoms with Gasteiger partial charge in [-0.2, -0.15) is 0 Å². The van der Waals surface area contributed by atoms with Gasteiger partial charge in [0.15, 0.2) is 4.73 Å². The summed E-state index contributed by atoms with van der Waals surface area (Å²) in [5.41, 5.74) is 1.74. The van der Waals surface area contributed by atoms with E-state index in [2.05, 4.69) is 20.9 Å². The van der Waals surface area contributed by atoms with E-state index in [1.54, 1.807) is 0 Å². The number of imidazole rings is 1. The van der Waals surface area contributed by atoms with Gasteiger partial charge in [-0.05, 0) is 29.3 Å². The Labute approximate surface area is 91.0 Å². The van der Waals surface area contributed by atoms with Crippen molar-refractivity contribution in [1.82, 2.24) is 9.55 Å². The molecule has 5 heteroatoms. The van der Waals surface area contributed by atoms with Crippen LogP contribution in [-0.4, -0.2) is 27.4 Å². The second-order valence-corrected chi connectivity index (χ2v) is 4.17. The summed E-state index contributed by atoms with van der Waals surface area (Å²) >= 11 is 3.38. The Morgan fingerprint density at radius 2 is 2.43 bits per heavy atom. The maximum absolute atomic E-state index is 9.19. The van der Waals surface area contributed by atoms with E-state index in [1.165, 1.54) is 0 Å². The van der Waals surface area contributed by atoms with Gasteiger partial charge in [0, 0.05) is 6.61 Å². The Bertz CT molecular complexity index is 334. The van der Waals surface area contributed by atoms with Crippen molar-refractivity contribution >= 4 is 15.9 Å². The molecule has 1 atom stereocenters. The van der Waals surface area contributed by atoms with Crippen LogP contribution in [-0.2, 0) is 17.9 Å². The fourth-order valence-corrected chi connectivity index (χ4v) is 2.21. The van der Waals surface area contributed by atoms with Gasteiger partial charge in [-0.1, -0.05) is 0 Å². The van der Waals surface area contributed by atoms with Gasteiger partial charge < -0.3 is 14.4 Å². The van der Waals surface area contributed by atoms with Crippen molar-refractivity contribution in [1.29, 1.82) is 0 Å². The van der Waals surface area contributed by atoms with Crippen molar-refractivity contribution in [3.8, 4) is 0 Å². The van der Waals surface area contributed by atoms with Gasteiger partial charge in [0.25, 0.3) is 0 Å². The molecule has 78 valence electrons. The molecule has 1 aliphatic heterocycles. The molecule has 0 saturated carbocycles. The van der Waals surface area contributed by atoms with E-state index in [0.29, 0.717) is 0 Å². The van der Waals surface area contributed by atoms with Crippen LogP contribution in [0.5, 0.6) is 0 Å². The molecule has 2 rings (SSSR count). The average Bonchev–Trinajstić information content (AvgIpc) is 2.33. The molecule has 0 amide bonds. The minimum Gasteiger partial charge on any atom is -0.390 e. The molecule has 0 radical (unpaired) electrons. The lowest BCUT2D eigenvalue weighted by Gasteiger charge is -2.27. The highest BCUT2D eigenvalue weighted by atomic mass is 79.9. The third kappa shape index (κ3) is 1.71. The summed E-state index contributed by atoms with van der Waals surface area (Å²) in [5, 5.41) is 9.19. The Morgan fingerprint density at radius 1 is 1.71 bits per heavy atom. The van der Waals surface area contributed by atoms with Crippen LogP contribution in [0.3, 0.4) is 0 Å². The molecule has 1 N–H and O–H groups in total. The number of aryl methyl sites for hydroxylation is 1. The largest absolute Gasteiger partial charge is 0.390 e. The molecule has 0 unspecified atom stereocenters. The molecule has 0 aromatic carbocycles. The van der Waals surface area contributed by atoms with Crippen molar-refractivity contribution < 1.29 is 9.84 Å². The van der Waals surface area contributed by atoms with Crippen LogP contribution in [0.2, 0.25) is 0 Å². The Balaban J connectivity index is 2.20. The van der Waals surface area contributed by atoms with Crippen LogP contribution in [0.25, 0.3) is 0 Å². The first-order valence-electron chi connectivity index (χ1n) is 4.66. The number of ether oxygens (including phenoxy) is 1. The first-order chi connectivity index (χ1) is 6.72. The van der Waals surface area contributed by atoms with Crippen LogP contribution in [0.4, 0.5) is 0 Å². The van der Waals surface area contributed by atoms with Crippen LogP contribution >= 0.6 is 15.9 Å². The SMILES string of the molecule is Cc1nc(Br)n(C[C@@H]2CCO2)c1CO. The maximum atomic E-state index is 9.19. The number of hydrogen-bond acceptors (Lipinski definition) is 3. The molecule has 14 heavy (non-hydrogen) atoms. The summed E-state index contributed by atoms with van der Waals surface area (Å²) in [7, 11) is 0. The Kier molecular flexibility index (Phi) is 2.90. The number of aliphatic hydroxyl groups is 1. The highest BCUT2D eigenvalue weighted by Crippen LogP contribution is 2.21. The molecule has 1 aromatic rings. The predicted octanol–water partition coefficient (Wildman–Crippen LogP) is 1.24. The molecule has 1 saturated heterocycles. The average molecular weight is 261 g/mol. The fraction of sp³-hybridized carbons (Fsp3) is 0.667. The number of aromatic nitrogens is 2. The van der Waals surface area contributed by atoms with E-state index >= 15 is 0 Å². The van der Waals surface area contributed by atoms with Gasteiger partial charge in [-0.25, -0.2) is 4.98 Å². The van der Waals surface area contributed by atoms with E-state index in [4.69, 9.17) is 4.74 Å². The zero-order valence-corrected chi connectivity index (χ0v) is 9.62. The molecule has 2 heterocycles. The first-order valence-corrected chi connectivity index (χ1v) is 5.45. The third-order valence-corrected chi connectivity index (χ3v) is 3.16. The lowest BCUT2D eigenvalue weighted by molar-refractivity contribution is -0.0601. The zero-order valence-electron chi connectivity index (χ0n) is 8.03. The van der Waals surface area contributed by atoms with E-state index in [9.17, 15) is 5.11 Å². The van der Waals surface area contributed by atoms with Gasteiger partial charge in [0.2, 0.25) is 0 Å². The lowest BCUT2D eigenvalue weighted by Crippen LogP contribution is -2.31. The van der Waals surface area contributed by atoms with Gasteiger partial charge >= 0.3 is 0 Å². The first kappa shape index (κ1) is 10.1. The van der Waals surface area contributed by atoms with E-state index < -0.39 is 0 Å². The summed E-state index contributed by atoms with van der Waals surface area (Å²) in [6.07, 6.45) is 1.37. The van der Waals surface area contributed by atoms with Gasteiger partial charge in [-0.15, -0.1) is 0 Å². The highest BCUT2D eigenvalue weighted by Gasteiger charge is 2.21. The van der Waals surface area contributed by atoms with Crippen molar-refractivity contribution in [3.63, 3.8) is 0 Å². The van der Waals surface area contributed by atoms with Crippen molar-refractivity contribution in [2.24, 2.45) is 0 Å². The lowest BCUT2D eigenvalue weighted by atomic mass is 10.2. The van der Waals surface area contributed by atoms with Crippen molar-refractivity contribution in [2.45, 2.75) is 32.6 Å². The number of hydrogen-bond donors (Lipinski definition) is 1. The van der Waals surface area contributed by atoms with E-state index in [1.807, 2.05) is 11.5 Å². The van der Waals surface area contributed by atoms with Crippen molar-refractivity contribution in [2.75, 3.05) is 6.61 Å². The second-order valence-electron chi connectivity index (χ2n) is 3.46. The van der Waals surface area contributed by atoms with Gasteiger partial charge in [0.05, 0.1) is 30.6 Å². The molecule has 1 fully saturated rings. The molecular weight excluding hydrogens is 248 g/mol. The molecule has 0 aliphatic carbocycles. The van der Waals surface area contributed by atoms with Crippen LogP contribution in [0.15, 0.2) is 4.73 Å². The minimum absolute atomic E-state index is 0.0250. The fourth-order valence-electron chi connectivity index (χ4n) is 1.59. The number of halogens is 1. The zero-order chi connectivity index (χ0) is 10.1. The number of nitrogens with zero attached hydrogens (tertiary/aromatic N) is 2. The van der Waals surface area contributed by atoms with Crippen LogP contribution in [0, 0.1) is 6.92 Å². The molecule has 4 nitrogen and oxygen atoms in total.